The van der Waals surface area contributed by atoms with Gasteiger partial charge < -0.3 is 5.32 Å². The van der Waals surface area contributed by atoms with Crippen LogP contribution in [-0.2, 0) is 4.79 Å². The van der Waals surface area contributed by atoms with Gasteiger partial charge in [0.25, 0.3) is 0 Å². The number of anilines is 1. The fraction of sp³-hybridized carbons (Fsp3) is 0.533. The summed E-state index contributed by atoms with van der Waals surface area (Å²) in [5.41, 5.74) is -0.365. The summed E-state index contributed by atoms with van der Waals surface area (Å²) >= 11 is 0. The van der Waals surface area contributed by atoms with Gasteiger partial charge in [0.05, 0.1) is 6.54 Å². The predicted molar refractivity (Wildman–Crippen MR) is 74.4 cm³/mol. The highest BCUT2D eigenvalue weighted by molar-refractivity contribution is 5.92. The van der Waals surface area contributed by atoms with Gasteiger partial charge in [0.2, 0.25) is 5.91 Å². The fourth-order valence-electron chi connectivity index (χ4n) is 2.92. The topological polar surface area (TPSA) is 32.3 Å². The van der Waals surface area contributed by atoms with E-state index < -0.39 is 11.6 Å². The number of likely N-dealkylation sites (tertiary alicyclic amines) is 1. The second-order valence-electron chi connectivity index (χ2n) is 5.78. The van der Waals surface area contributed by atoms with Gasteiger partial charge >= 0.3 is 0 Å². The van der Waals surface area contributed by atoms with E-state index in [9.17, 15) is 13.6 Å². The number of carbonyl (C=O) groups is 1. The third-order valence-corrected chi connectivity index (χ3v) is 3.54. The van der Waals surface area contributed by atoms with Gasteiger partial charge in [0.15, 0.2) is 0 Å². The molecular weight excluding hydrogens is 262 g/mol. The molecule has 1 fully saturated rings. The number of carbonyl (C=O) groups excluding carboxylic acids is 1. The summed E-state index contributed by atoms with van der Waals surface area (Å²) in [6, 6.07) is 3.53. The fourth-order valence-corrected chi connectivity index (χ4v) is 2.92. The minimum atomic E-state index is -0.751. The normalized spacial score (nSPS) is 23.6. The third kappa shape index (κ3) is 3.76. The largest absolute Gasteiger partial charge is 0.320 e. The van der Waals surface area contributed by atoms with Crippen molar-refractivity contribution in [3.63, 3.8) is 0 Å². The quantitative estimate of drug-likeness (QED) is 0.924. The zero-order chi connectivity index (χ0) is 14.7. The van der Waals surface area contributed by atoms with E-state index in [2.05, 4.69) is 19.2 Å². The number of amides is 1. The molecule has 0 spiro atoms. The zero-order valence-corrected chi connectivity index (χ0v) is 11.8. The summed E-state index contributed by atoms with van der Waals surface area (Å²) in [6.45, 7) is 6.16. The summed E-state index contributed by atoms with van der Waals surface area (Å²) in [5.74, 6) is -0.804. The van der Waals surface area contributed by atoms with Gasteiger partial charge in [-0.1, -0.05) is 19.9 Å². The minimum absolute atomic E-state index is 0.169. The number of nitrogens with one attached hydrogen (secondary N) is 1. The molecule has 2 rings (SSSR count). The Balaban J connectivity index is 1.95. The maximum Gasteiger partial charge on any atom is 0.238 e. The van der Waals surface area contributed by atoms with E-state index in [1.165, 1.54) is 6.07 Å². The number of nitrogens with zero attached hydrogens (tertiary/aromatic N) is 1. The second kappa shape index (κ2) is 6.31. The number of rotatable bonds is 3. The molecule has 2 atom stereocenters. The molecule has 110 valence electrons. The highest BCUT2D eigenvalue weighted by Crippen LogP contribution is 2.21. The average Bonchev–Trinajstić information content (AvgIpc) is 2.32. The van der Waals surface area contributed by atoms with E-state index in [1.54, 1.807) is 0 Å². The molecule has 1 aromatic rings. The molecule has 1 aromatic carbocycles. The molecule has 0 radical (unpaired) electrons. The predicted octanol–water partition coefficient (Wildman–Crippen LogP) is 2.88. The van der Waals surface area contributed by atoms with E-state index in [0.29, 0.717) is 11.8 Å². The van der Waals surface area contributed by atoms with Crippen LogP contribution >= 0.6 is 0 Å². The van der Waals surface area contributed by atoms with Crippen molar-refractivity contribution in [3.05, 3.63) is 29.8 Å². The molecule has 1 aliphatic rings. The Bertz CT molecular complexity index is 463. The molecule has 0 bridgehead atoms. The number of halogens is 2. The standard InChI is InChI=1S/C15H20F2N2O/c1-10-6-11(2)8-19(7-10)9-14(20)18-15-12(16)4-3-5-13(15)17/h3-5,10-11H,6-9H2,1-2H3,(H,18,20)/t10-,11+. The molecule has 1 amide bonds. The Morgan fingerprint density at radius 2 is 1.80 bits per heavy atom. The van der Waals surface area contributed by atoms with Crippen LogP contribution in [0.4, 0.5) is 14.5 Å². The second-order valence-corrected chi connectivity index (χ2v) is 5.78. The molecule has 0 aromatic heterocycles. The molecule has 0 saturated carbocycles. The monoisotopic (exact) mass is 282 g/mol. The van der Waals surface area contributed by atoms with Gasteiger partial charge in [-0.15, -0.1) is 0 Å². The van der Waals surface area contributed by atoms with Crippen LogP contribution < -0.4 is 5.32 Å². The number of piperidine rings is 1. The van der Waals surface area contributed by atoms with E-state index in [-0.39, 0.29) is 18.1 Å². The van der Waals surface area contributed by atoms with Crippen LogP contribution in [0, 0.1) is 23.5 Å². The lowest BCUT2D eigenvalue weighted by molar-refractivity contribution is -0.118. The van der Waals surface area contributed by atoms with Crippen LogP contribution in [0.1, 0.15) is 20.3 Å². The van der Waals surface area contributed by atoms with Crippen LogP contribution in [0.15, 0.2) is 18.2 Å². The SMILES string of the molecule is C[C@@H]1C[C@H](C)CN(CC(=O)Nc2c(F)cccc2F)C1. The number of hydrogen-bond donors (Lipinski definition) is 1. The highest BCUT2D eigenvalue weighted by atomic mass is 19.1. The van der Waals surface area contributed by atoms with Crippen molar-refractivity contribution in [1.29, 1.82) is 0 Å². The maximum absolute atomic E-state index is 13.4. The number of benzene rings is 1. The van der Waals surface area contributed by atoms with Gasteiger partial charge in [-0.2, -0.15) is 0 Å². The summed E-state index contributed by atoms with van der Waals surface area (Å²) in [4.78, 5) is 13.9. The molecule has 20 heavy (non-hydrogen) atoms. The first-order valence-electron chi connectivity index (χ1n) is 6.92. The Hall–Kier alpha value is -1.49. The lowest BCUT2D eigenvalue weighted by Crippen LogP contribution is -2.43. The average molecular weight is 282 g/mol. The molecule has 1 saturated heterocycles. The van der Waals surface area contributed by atoms with Crippen molar-refractivity contribution in [2.75, 3.05) is 25.0 Å². The summed E-state index contributed by atoms with van der Waals surface area (Å²) in [5, 5.41) is 2.32. The van der Waals surface area contributed by atoms with E-state index >= 15 is 0 Å². The first kappa shape index (κ1) is 14.9. The van der Waals surface area contributed by atoms with Crippen molar-refractivity contribution in [3.8, 4) is 0 Å². The summed E-state index contributed by atoms with van der Waals surface area (Å²) in [6.07, 6.45) is 1.15. The van der Waals surface area contributed by atoms with Crippen LogP contribution in [-0.4, -0.2) is 30.4 Å². The molecule has 5 heteroatoms. The first-order valence-corrected chi connectivity index (χ1v) is 6.92. The molecule has 0 aliphatic carbocycles. The highest BCUT2D eigenvalue weighted by Gasteiger charge is 2.23. The van der Waals surface area contributed by atoms with Gasteiger partial charge in [0, 0.05) is 13.1 Å². The van der Waals surface area contributed by atoms with Gasteiger partial charge in [-0.25, -0.2) is 8.78 Å². The Labute approximate surface area is 118 Å². The maximum atomic E-state index is 13.4. The lowest BCUT2D eigenvalue weighted by atomic mass is 9.92. The smallest absolute Gasteiger partial charge is 0.238 e. The van der Waals surface area contributed by atoms with Crippen LogP contribution in [0.3, 0.4) is 0 Å². The molecule has 1 heterocycles. The third-order valence-electron chi connectivity index (χ3n) is 3.54. The van der Waals surface area contributed by atoms with E-state index in [4.69, 9.17) is 0 Å². The Morgan fingerprint density at radius 3 is 2.35 bits per heavy atom. The van der Waals surface area contributed by atoms with Crippen LogP contribution in [0.2, 0.25) is 0 Å². The van der Waals surface area contributed by atoms with Crippen molar-refractivity contribution in [2.45, 2.75) is 20.3 Å². The van der Waals surface area contributed by atoms with Crippen molar-refractivity contribution < 1.29 is 13.6 Å². The first-order chi connectivity index (χ1) is 9.45. The van der Waals surface area contributed by atoms with Gasteiger partial charge in [-0.05, 0) is 30.4 Å². The summed E-state index contributed by atoms with van der Waals surface area (Å²) in [7, 11) is 0. The number of hydrogen-bond acceptors (Lipinski definition) is 2. The van der Waals surface area contributed by atoms with Gasteiger partial charge in [0.1, 0.15) is 17.3 Å². The Kier molecular flexibility index (Phi) is 4.70. The Morgan fingerprint density at radius 1 is 1.25 bits per heavy atom. The zero-order valence-electron chi connectivity index (χ0n) is 11.8. The van der Waals surface area contributed by atoms with Crippen molar-refractivity contribution in [2.24, 2.45) is 11.8 Å². The summed E-state index contributed by atoms with van der Waals surface area (Å²) < 4.78 is 26.9. The minimum Gasteiger partial charge on any atom is -0.320 e. The molecule has 3 nitrogen and oxygen atoms in total. The van der Waals surface area contributed by atoms with Gasteiger partial charge in [-0.3, -0.25) is 9.69 Å². The number of para-hydroxylation sites is 1. The molecule has 1 aliphatic heterocycles. The molecule has 1 N–H and O–H groups in total. The lowest BCUT2D eigenvalue weighted by Gasteiger charge is -2.34. The van der Waals surface area contributed by atoms with E-state index in [1.807, 2.05) is 4.90 Å². The van der Waals surface area contributed by atoms with E-state index in [0.717, 1.165) is 31.6 Å². The molecular formula is C15H20F2N2O. The van der Waals surface area contributed by atoms with Crippen LogP contribution in [0.5, 0.6) is 0 Å². The van der Waals surface area contributed by atoms with Crippen molar-refractivity contribution >= 4 is 11.6 Å². The van der Waals surface area contributed by atoms with Crippen molar-refractivity contribution in [1.82, 2.24) is 4.90 Å². The van der Waals surface area contributed by atoms with Crippen LogP contribution in [0.25, 0.3) is 0 Å². The molecule has 0 unspecified atom stereocenters.